The van der Waals surface area contributed by atoms with E-state index >= 15 is 0 Å². The van der Waals surface area contributed by atoms with Crippen molar-refractivity contribution in [1.82, 2.24) is 10.2 Å². The summed E-state index contributed by atoms with van der Waals surface area (Å²) in [7, 11) is 0. The first-order chi connectivity index (χ1) is 27.3. The molecule has 1 aliphatic heterocycles. The van der Waals surface area contributed by atoms with Crippen LogP contribution in [-0.2, 0) is 27.4 Å². The Morgan fingerprint density at radius 2 is 1.64 bits per heavy atom. The van der Waals surface area contributed by atoms with Crippen molar-refractivity contribution in [2.75, 3.05) is 12.4 Å². The Bertz CT molecular complexity index is 2210. The van der Waals surface area contributed by atoms with Gasteiger partial charge in [-0.3, -0.25) is 19.3 Å². The third-order valence-electron chi connectivity index (χ3n) is 8.55. The number of aliphatic imine (C=N–C) groups is 1. The molecule has 5 rings (SSSR count). The van der Waals surface area contributed by atoms with E-state index in [-0.39, 0.29) is 29.0 Å². The number of hydrogen-bond acceptors (Lipinski definition) is 7. The van der Waals surface area contributed by atoms with Gasteiger partial charge in [-0.15, -0.1) is 6.58 Å². The average molecular weight is 763 g/mol. The van der Waals surface area contributed by atoms with E-state index < -0.39 is 17.9 Å². The lowest BCUT2D eigenvalue weighted by Gasteiger charge is -2.28. The molecule has 3 amide bonds. The molecule has 0 saturated carbocycles. The van der Waals surface area contributed by atoms with Crippen molar-refractivity contribution in [3.05, 3.63) is 185 Å². The van der Waals surface area contributed by atoms with Crippen molar-refractivity contribution in [3.63, 3.8) is 0 Å². The largest absolute Gasteiger partial charge is 0.490 e. The number of amidine groups is 1. The van der Waals surface area contributed by atoms with Crippen LogP contribution in [0.4, 0.5) is 0 Å². The summed E-state index contributed by atoms with van der Waals surface area (Å²) in [6.45, 7) is 11.7. The van der Waals surface area contributed by atoms with Gasteiger partial charge in [0.25, 0.3) is 11.8 Å². The van der Waals surface area contributed by atoms with Crippen LogP contribution in [-0.4, -0.2) is 40.1 Å². The zero-order valence-corrected chi connectivity index (χ0v) is 32.1. The Morgan fingerprint density at radius 3 is 2.27 bits per heavy atom. The van der Waals surface area contributed by atoms with Crippen LogP contribution in [0.2, 0.25) is 0 Å². The number of nitrogens with zero attached hydrogens (tertiary/aromatic N) is 3. The minimum atomic E-state index is -0.750. The molecule has 10 heteroatoms. The molecule has 282 valence electrons. The molecule has 0 bridgehead atoms. The van der Waals surface area contributed by atoms with Gasteiger partial charge in [-0.05, 0) is 67.3 Å². The van der Waals surface area contributed by atoms with E-state index in [9.17, 15) is 19.6 Å². The molecule has 4 aromatic rings. The second-order valence-corrected chi connectivity index (χ2v) is 13.3. The van der Waals surface area contributed by atoms with Crippen molar-refractivity contribution < 1.29 is 23.9 Å². The van der Waals surface area contributed by atoms with Crippen LogP contribution in [0.15, 0.2) is 157 Å². The number of carbonyl (C=O) groups excluding carboxylic acids is 3. The number of rotatable bonds is 16. The summed E-state index contributed by atoms with van der Waals surface area (Å²) in [6.07, 6.45) is 10.2. The van der Waals surface area contributed by atoms with Gasteiger partial charge < -0.3 is 14.8 Å². The molecule has 0 radical (unpaired) electrons. The number of nitriles is 1. The fourth-order valence-electron chi connectivity index (χ4n) is 5.97. The van der Waals surface area contributed by atoms with Crippen LogP contribution >= 0.6 is 11.8 Å². The third kappa shape index (κ3) is 10.1. The molecule has 0 aromatic heterocycles. The maximum absolute atomic E-state index is 14.4. The highest BCUT2D eigenvalue weighted by atomic mass is 32.2. The van der Waals surface area contributed by atoms with Gasteiger partial charge >= 0.3 is 0 Å². The molecule has 0 saturated heterocycles. The minimum Gasteiger partial charge on any atom is -0.490 e. The normalized spacial score (nSPS) is 13.8. The summed E-state index contributed by atoms with van der Waals surface area (Å²) in [5, 5.41) is 12.7. The van der Waals surface area contributed by atoms with Crippen LogP contribution in [0.25, 0.3) is 6.08 Å². The first kappa shape index (κ1) is 40.5. The fourth-order valence-corrected chi connectivity index (χ4v) is 6.77. The van der Waals surface area contributed by atoms with Crippen LogP contribution in [0.5, 0.6) is 11.5 Å². The average Bonchev–Trinajstić information content (AvgIpc) is 3.22. The van der Waals surface area contributed by atoms with Crippen LogP contribution in [0.3, 0.4) is 0 Å². The monoisotopic (exact) mass is 762 g/mol. The summed E-state index contributed by atoms with van der Waals surface area (Å²) < 4.78 is 12.3. The lowest BCUT2D eigenvalue weighted by atomic mass is 9.99. The molecule has 0 unspecified atom stereocenters. The van der Waals surface area contributed by atoms with E-state index in [0.717, 1.165) is 22.9 Å². The molecule has 0 aliphatic carbocycles. The number of thioether (sulfide) groups is 1. The Labute approximate surface area is 332 Å². The molecule has 56 heavy (non-hydrogen) atoms. The smallest absolute Gasteiger partial charge is 0.285 e. The summed E-state index contributed by atoms with van der Waals surface area (Å²) in [6, 6.07) is 31.7. The molecule has 1 N–H and O–H groups in total. The number of allylic oxidation sites excluding steroid dienone is 5. The van der Waals surface area contributed by atoms with Crippen LogP contribution in [0, 0.1) is 11.3 Å². The summed E-state index contributed by atoms with van der Waals surface area (Å²) in [5.41, 5.74) is 4.51. The van der Waals surface area contributed by atoms with Gasteiger partial charge in [0.1, 0.15) is 12.2 Å². The highest BCUT2D eigenvalue weighted by Gasteiger charge is 2.35. The van der Waals surface area contributed by atoms with E-state index in [1.807, 2.05) is 79.7 Å². The standard InChI is InChI=1S/C46H42N4O5S/c1-5-9-25-38(7-3)50-45(53)39(27-32-26-35(18-6-2)43(40(28-32)54-8-4)55-30-37-24-17-16-23-36(37)29-47)44(52)49-46(50)56-31-41(51)48-42(33-19-12-10-13-20-33)34-21-14-11-15-22-34/h5-7,9-17,19-28,42H,1-2,8,18,30-31H2,3-4H3,(H,48,51)/b25-9-,38-7+,39-27+. The second kappa shape index (κ2) is 20.1. The van der Waals surface area contributed by atoms with Gasteiger partial charge in [-0.2, -0.15) is 10.3 Å². The third-order valence-corrected chi connectivity index (χ3v) is 9.49. The lowest BCUT2D eigenvalue weighted by molar-refractivity contribution is -0.126. The number of hydrogen-bond donors (Lipinski definition) is 1. The molecule has 4 aromatic carbocycles. The van der Waals surface area contributed by atoms with Crippen molar-refractivity contribution >= 4 is 40.7 Å². The van der Waals surface area contributed by atoms with Crippen LogP contribution in [0.1, 0.15) is 53.3 Å². The zero-order chi connectivity index (χ0) is 39.9. The van der Waals surface area contributed by atoms with E-state index in [2.05, 4.69) is 29.5 Å². The molecule has 0 fully saturated rings. The predicted molar refractivity (Wildman–Crippen MR) is 223 cm³/mol. The van der Waals surface area contributed by atoms with Gasteiger partial charge in [-0.25, -0.2) is 0 Å². The lowest BCUT2D eigenvalue weighted by Crippen LogP contribution is -2.42. The summed E-state index contributed by atoms with van der Waals surface area (Å²) in [5.74, 6) is -0.919. The molecule has 9 nitrogen and oxygen atoms in total. The maximum Gasteiger partial charge on any atom is 0.285 e. The maximum atomic E-state index is 14.4. The Kier molecular flexibility index (Phi) is 14.5. The number of benzene rings is 4. The molecule has 1 heterocycles. The number of amides is 3. The van der Waals surface area contributed by atoms with Gasteiger partial charge in [-0.1, -0.05) is 122 Å². The number of ether oxygens (including phenoxy) is 2. The molecular weight excluding hydrogens is 721 g/mol. The molecule has 1 aliphatic rings. The SMILES string of the molecule is C=C/C=C\C(=C/C)N1C(=O)/C(=C/c2cc(CC=C)c(OCc3ccccc3C#N)c(OCC)c2)C(=O)N=C1SCC(=O)NC(c1ccccc1)c1ccccc1. The summed E-state index contributed by atoms with van der Waals surface area (Å²) in [4.78, 5) is 47.3. The van der Waals surface area contributed by atoms with Crippen molar-refractivity contribution in [1.29, 1.82) is 5.26 Å². The Balaban J connectivity index is 1.47. The Morgan fingerprint density at radius 1 is 0.964 bits per heavy atom. The minimum absolute atomic E-state index is 0.0637. The molecular formula is C46H42N4O5S. The second-order valence-electron chi connectivity index (χ2n) is 12.3. The number of carbonyl (C=O) groups is 3. The van der Waals surface area contributed by atoms with Gasteiger partial charge in [0.05, 0.1) is 30.0 Å². The predicted octanol–water partition coefficient (Wildman–Crippen LogP) is 8.66. The Hall–Kier alpha value is -6.70. The highest BCUT2D eigenvalue weighted by molar-refractivity contribution is 8.14. The van der Waals surface area contributed by atoms with E-state index in [4.69, 9.17) is 9.47 Å². The molecule has 0 atom stereocenters. The quantitative estimate of drug-likeness (QED) is 0.0525. The van der Waals surface area contributed by atoms with Crippen LogP contribution < -0.4 is 14.8 Å². The topological polar surface area (TPSA) is 121 Å². The van der Waals surface area contributed by atoms with E-state index in [1.165, 1.54) is 11.0 Å². The fraction of sp³-hybridized carbons (Fsp3) is 0.152. The van der Waals surface area contributed by atoms with E-state index in [0.29, 0.717) is 52.5 Å². The van der Waals surface area contributed by atoms with E-state index in [1.54, 1.807) is 61.6 Å². The first-order valence-electron chi connectivity index (χ1n) is 18.0. The zero-order valence-electron chi connectivity index (χ0n) is 31.3. The van der Waals surface area contributed by atoms with Gasteiger partial charge in [0.15, 0.2) is 16.7 Å². The molecule has 0 spiro atoms. The first-order valence-corrected chi connectivity index (χ1v) is 19.0. The highest BCUT2D eigenvalue weighted by Crippen LogP contribution is 2.36. The van der Waals surface area contributed by atoms with Gasteiger partial charge in [0, 0.05) is 16.8 Å². The van der Waals surface area contributed by atoms with Crippen molar-refractivity contribution in [2.24, 2.45) is 4.99 Å². The van der Waals surface area contributed by atoms with Gasteiger partial charge in [0.2, 0.25) is 5.91 Å². The number of nitrogens with one attached hydrogen (secondary N) is 1. The van der Waals surface area contributed by atoms with Crippen molar-refractivity contribution in [3.8, 4) is 17.6 Å². The summed E-state index contributed by atoms with van der Waals surface area (Å²) >= 11 is 0.992. The van der Waals surface area contributed by atoms with Crippen molar-refractivity contribution in [2.45, 2.75) is 32.9 Å².